The summed E-state index contributed by atoms with van der Waals surface area (Å²) in [6.07, 6.45) is 0. The van der Waals surface area contributed by atoms with Gasteiger partial charge in [-0.05, 0) is 39.0 Å². The number of nitrogens with one attached hydrogen (secondary N) is 1. The smallest absolute Gasteiger partial charge is 0.347 e. The quantitative estimate of drug-likeness (QED) is 0.880. The van der Waals surface area contributed by atoms with Crippen molar-refractivity contribution < 1.29 is 9.32 Å². The van der Waals surface area contributed by atoms with Crippen LogP contribution in [-0.2, 0) is 7.05 Å². The lowest BCUT2D eigenvalue weighted by Gasteiger charge is -2.20. The third kappa shape index (κ3) is 3.13. The van der Waals surface area contributed by atoms with Crippen molar-refractivity contribution in [3.05, 3.63) is 50.9 Å². The molecule has 0 saturated heterocycles. The van der Waals surface area contributed by atoms with Gasteiger partial charge in [0.25, 0.3) is 5.91 Å². The molecular weight excluding hydrogens is 274 g/mol. The van der Waals surface area contributed by atoms with Crippen LogP contribution in [0.1, 0.15) is 31.1 Å². The minimum atomic E-state index is -0.760. The Morgan fingerprint density at radius 3 is 2.43 bits per heavy atom. The van der Waals surface area contributed by atoms with E-state index in [1.54, 1.807) is 18.2 Å². The van der Waals surface area contributed by atoms with Gasteiger partial charge in [0.1, 0.15) is 0 Å². The number of carbonyl (C=O) groups excluding carboxylic acids is 1. The number of rotatable bonds is 2. The zero-order chi connectivity index (χ0) is 15.8. The van der Waals surface area contributed by atoms with Crippen molar-refractivity contribution in [2.45, 2.75) is 26.3 Å². The van der Waals surface area contributed by atoms with E-state index in [9.17, 15) is 14.4 Å². The van der Waals surface area contributed by atoms with Crippen LogP contribution in [0.4, 0.5) is 0 Å². The number of hydrogen-bond donors (Lipinski definition) is 1. The van der Waals surface area contributed by atoms with Crippen molar-refractivity contribution in [2.75, 3.05) is 0 Å². The number of aromatic nitrogens is 2. The highest BCUT2D eigenvalue weighted by atomic mass is 16.5. The molecule has 0 saturated carbocycles. The average Bonchev–Trinajstić information content (AvgIpc) is 2.65. The van der Waals surface area contributed by atoms with Crippen molar-refractivity contribution in [1.82, 2.24) is 14.6 Å². The Kier molecular flexibility index (Phi) is 3.59. The van der Waals surface area contributed by atoms with Crippen LogP contribution in [0, 0.1) is 0 Å². The van der Waals surface area contributed by atoms with E-state index >= 15 is 0 Å². The molecule has 112 valence electrons. The van der Waals surface area contributed by atoms with Crippen LogP contribution in [0.2, 0.25) is 0 Å². The highest BCUT2D eigenvalue weighted by Gasteiger charge is 2.17. The molecule has 1 N–H and O–H groups in total. The van der Waals surface area contributed by atoms with E-state index in [0.29, 0.717) is 11.3 Å². The fourth-order valence-corrected chi connectivity index (χ4v) is 1.74. The molecule has 2 aromatic rings. The van der Waals surface area contributed by atoms with Crippen LogP contribution >= 0.6 is 0 Å². The molecule has 1 heterocycles. The maximum atomic E-state index is 12.1. The molecule has 2 rings (SSSR count). The molecule has 0 unspecified atom stereocenters. The minimum Gasteiger partial charge on any atom is -0.347 e. The summed E-state index contributed by atoms with van der Waals surface area (Å²) in [6.45, 7) is 5.61. The van der Waals surface area contributed by atoms with Gasteiger partial charge in [-0.3, -0.25) is 4.79 Å². The van der Waals surface area contributed by atoms with Gasteiger partial charge >= 0.3 is 11.4 Å². The maximum absolute atomic E-state index is 12.1. The van der Waals surface area contributed by atoms with Crippen molar-refractivity contribution in [1.29, 1.82) is 0 Å². The molecule has 1 amide bonds. The molecule has 0 aliphatic heterocycles. The SMILES string of the molecule is Cn1c(=O)on(-c2cccc(C(=O)NC(C)(C)C)c2)c1=O. The van der Waals surface area contributed by atoms with Gasteiger partial charge in [0.15, 0.2) is 0 Å². The van der Waals surface area contributed by atoms with Crippen molar-refractivity contribution >= 4 is 5.91 Å². The van der Waals surface area contributed by atoms with Gasteiger partial charge in [-0.2, -0.15) is 0 Å². The van der Waals surface area contributed by atoms with Crippen LogP contribution < -0.4 is 16.8 Å². The standard InChI is InChI=1S/C14H17N3O4/c1-14(2,3)15-11(18)9-6-5-7-10(8-9)17-12(19)16(4)13(20)21-17/h5-8H,1-4H3,(H,15,18). The van der Waals surface area contributed by atoms with E-state index < -0.39 is 11.4 Å². The van der Waals surface area contributed by atoms with Crippen molar-refractivity contribution in [2.24, 2.45) is 7.05 Å². The monoisotopic (exact) mass is 291 g/mol. The van der Waals surface area contributed by atoms with Crippen molar-refractivity contribution in [3.63, 3.8) is 0 Å². The highest BCUT2D eigenvalue weighted by Crippen LogP contribution is 2.10. The first-order valence-corrected chi connectivity index (χ1v) is 6.41. The molecule has 7 nitrogen and oxygen atoms in total. The van der Waals surface area contributed by atoms with Gasteiger partial charge in [-0.1, -0.05) is 6.07 Å². The van der Waals surface area contributed by atoms with Gasteiger partial charge in [0.05, 0.1) is 5.69 Å². The molecule has 0 atom stereocenters. The first kappa shape index (κ1) is 14.8. The highest BCUT2D eigenvalue weighted by molar-refractivity contribution is 5.95. The van der Waals surface area contributed by atoms with Gasteiger partial charge in [0.2, 0.25) is 0 Å². The van der Waals surface area contributed by atoms with E-state index in [1.165, 1.54) is 13.1 Å². The third-order valence-electron chi connectivity index (χ3n) is 2.74. The zero-order valence-electron chi connectivity index (χ0n) is 12.3. The molecule has 0 aliphatic rings. The lowest BCUT2D eigenvalue weighted by atomic mass is 10.1. The molecule has 0 radical (unpaired) electrons. The van der Waals surface area contributed by atoms with Crippen LogP contribution in [0.25, 0.3) is 5.69 Å². The molecule has 1 aromatic carbocycles. The summed E-state index contributed by atoms with van der Waals surface area (Å²) in [6, 6.07) is 6.31. The second kappa shape index (κ2) is 5.08. The van der Waals surface area contributed by atoms with E-state index in [-0.39, 0.29) is 11.4 Å². The fourth-order valence-electron chi connectivity index (χ4n) is 1.74. The molecule has 0 aliphatic carbocycles. The first-order chi connectivity index (χ1) is 9.69. The average molecular weight is 291 g/mol. The third-order valence-corrected chi connectivity index (χ3v) is 2.74. The number of nitrogens with zero attached hydrogens (tertiary/aromatic N) is 2. The second-order valence-corrected chi connectivity index (χ2v) is 5.75. The lowest BCUT2D eigenvalue weighted by Crippen LogP contribution is -2.40. The second-order valence-electron chi connectivity index (χ2n) is 5.75. The minimum absolute atomic E-state index is 0.268. The molecule has 0 fully saturated rings. The summed E-state index contributed by atoms with van der Waals surface area (Å²) in [5, 5.41) is 2.82. The van der Waals surface area contributed by atoms with Gasteiger partial charge in [-0.15, -0.1) is 4.74 Å². The summed E-state index contributed by atoms with van der Waals surface area (Å²) in [7, 11) is 1.32. The summed E-state index contributed by atoms with van der Waals surface area (Å²) < 4.78 is 6.55. The Bertz CT molecular complexity index is 790. The lowest BCUT2D eigenvalue weighted by molar-refractivity contribution is 0.0919. The van der Waals surface area contributed by atoms with Crippen molar-refractivity contribution in [3.8, 4) is 5.69 Å². The first-order valence-electron chi connectivity index (χ1n) is 6.41. The molecule has 0 bridgehead atoms. The zero-order valence-corrected chi connectivity index (χ0v) is 12.3. The Hall–Kier alpha value is -2.57. The Balaban J connectivity index is 2.43. The molecule has 21 heavy (non-hydrogen) atoms. The number of amides is 1. The fraction of sp³-hybridized carbons (Fsp3) is 0.357. The topological polar surface area (TPSA) is 86.2 Å². The van der Waals surface area contributed by atoms with Gasteiger partial charge in [0, 0.05) is 18.2 Å². The van der Waals surface area contributed by atoms with E-state index in [2.05, 4.69) is 5.32 Å². The number of hydrogen-bond acceptors (Lipinski definition) is 4. The van der Waals surface area contributed by atoms with Gasteiger partial charge < -0.3 is 9.84 Å². The predicted molar refractivity (Wildman–Crippen MR) is 76.8 cm³/mol. The Morgan fingerprint density at radius 2 is 1.90 bits per heavy atom. The predicted octanol–water partition coefficient (Wildman–Crippen LogP) is 0.657. The van der Waals surface area contributed by atoms with Crippen LogP contribution in [-0.4, -0.2) is 20.8 Å². The molecule has 0 spiro atoms. The van der Waals surface area contributed by atoms with Crippen LogP contribution in [0.5, 0.6) is 0 Å². The summed E-state index contributed by atoms with van der Waals surface area (Å²) in [5.74, 6) is -1.03. The largest absolute Gasteiger partial charge is 0.442 e. The number of benzene rings is 1. The summed E-state index contributed by atoms with van der Waals surface area (Å²) in [5.41, 5.74) is -0.281. The summed E-state index contributed by atoms with van der Waals surface area (Å²) in [4.78, 5) is 35.3. The molecular formula is C14H17N3O4. The molecule has 1 aromatic heterocycles. The van der Waals surface area contributed by atoms with E-state index in [1.807, 2.05) is 20.8 Å². The summed E-state index contributed by atoms with van der Waals surface area (Å²) >= 11 is 0. The van der Waals surface area contributed by atoms with Gasteiger partial charge in [-0.25, -0.2) is 14.2 Å². The van der Waals surface area contributed by atoms with E-state index in [0.717, 1.165) is 9.31 Å². The Labute approximate surface area is 120 Å². The Morgan fingerprint density at radius 1 is 1.24 bits per heavy atom. The maximum Gasteiger partial charge on any atom is 0.442 e. The number of carbonyl (C=O) groups is 1. The molecule has 7 heteroatoms. The van der Waals surface area contributed by atoms with E-state index in [4.69, 9.17) is 4.52 Å². The van der Waals surface area contributed by atoms with Crippen LogP contribution in [0.15, 0.2) is 38.4 Å². The normalized spacial score (nSPS) is 11.4. The van der Waals surface area contributed by atoms with Crippen LogP contribution in [0.3, 0.4) is 0 Å².